The van der Waals surface area contributed by atoms with Crippen LogP contribution in [0.2, 0.25) is 10.3 Å². The highest BCUT2D eigenvalue weighted by Gasteiger charge is 2.43. The van der Waals surface area contributed by atoms with E-state index in [1.807, 2.05) is 42.5 Å². The van der Waals surface area contributed by atoms with E-state index >= 15 is 0 Å². The molecule has 8 aromatic carbocycles. The molecule has 4 atom stereocenters. The molecule has 2 amide bonds. The minimum Gasteiger partial charge on any atom is -0.465 e. The number of halogens is 11. The molecule has 0 radical (unpaired) electrons. The number of nitrogens with one attached hydrogen (secondary N) is 2. The predicted molar refractivity (Wildman–Crippen MR) is 537 cm³/mol. The Kier molecular flexibility index (Phi) is 44.0. The lowest BCUT2D eigenvalue weighted by molar-refractivity contribution is 0.0354. The molecule has 4 unspecified atom stereocenters. The summed E-state index contributed by atoms with van der Waals surface area (Å²) in [7, 11) is 4.01. The van der Waals surface area contributed by atoms with Gasteiger partial charge in [-0.25, -0.2) is 51.3 Å². The van der Waals surface area contributed by atoms with Crippen LogP contribution in [0, 0.1) is 29.1 Å². The summed E-state index contributed by atoms with van der Waals surface area (Å²) in [5.74, 6) is -3.15. The van der Waals surface area contributed by atoms with Gasteiger partial charge in [-0.05, 0) is 246 Å². The van der Waals surface area contributed by atoms with Gasteiger partial charge in [0.25, 0.3) is 11.8 Å². The number of nitrogens with zero attached hydrogens (tertiary/aromatic N) is 5. The summed E-state index contributed by atoms with van der Waals surface area (Å²) in [6, 6.07) is 69.1. The normalized spacial score (nSPS) is 16.7. The largest absolute Gasteiger partial charge is 0.465 e. The van der Waals surface area contributed by atoms with Gasteiger partial charge in [0.05, 0.1) is 32.5 Å². The molecule has 0 aliphatic carbocycles. The Morgan fingerprint density at radius 1 is 0.379 bits per heavy atom. The molecule has 9 heterocycles. The summed E-state index contributed by atoms with van der Waals surface area (Å²) in [5, 5.41) is 15.5. The number of aliphatic hydroxyl groups is 1. The van der Waals surface area contributed by atoms with Crippen molar-refractivity contribution >= 4 is 128 Å². The van der Waals surface area contributed by atoms with E-state index in [-0.39, 0.29) is 118 Å². The first-order valence-corrected chi connectivity index (χ1v) is 45.9. The number of benzene rings is 8. The lowest BCUT2D eigenvalue weighted by atomic mass is 9.84. The molecular formula is C106H101BrCl4F5IN8O15. The summed E-state index contributed by atoms with van der Waals surface area (Å²) >= 11 is 20.0. The smallest absolute Gasteiger partial charge is 0.356 e. The molecule has 5 N–H and O–H groups in total. The third-order valence-electron chi connectivity index (χ3n) is 22.8. The van der Waals surface area contributed by atoms with Gasteiger partial charge in [0.1, 0.15) is 85.5 Å². The number of amides is 2. The number of Topliss-reactive ketones (excluding diaryl/α,β-unsaturated/α-hetero) is 2. The van der Waals surface area contributed by atoms with Gasteiger partial charge in [-0.3, -0.25) is 29.1 Å². The summed E-state index contributed by atoms with van der Waals surface area (Å²) in [4.78, 5) is 103. The average molecular weight is 2170 g/mol. The number of pyridine rings is 5. The van der Waals surface area contributed by atoms with E-state index in [2.05, 4.69) is 65.7 Å². The van der Waals surface area contributed by atoms with Gasteiger partial charge in [0, 0.05) is 127 Å². The second-order valence-electron chi connectivity index (χ2n) is 31.5. The van der Waals surface area contributed by atoms with E-state index in [0.717, 1.165) is 117 Å². The number of esters is 3. The first-order chi connectivity index (χ1) is 66.7. The van der Waals surface area contributed by atoms with Gasteiger partial charge in [-0.15, -0.1) is 48.0 Å². The first-order valence-electron chi connectivity index (χ1n) is 43.9. The van der Waals surface area contributed by atoms with Crippen molar-refractivity contribution in [2.24, 2.45) is 5.73 Å². The van der Waals surface area contributed by atoms with Gasteiger partial charge in [0.2, 0.25) is 0 Å². The van der Waals surface area contributed by atoms with Crippen LogP contribution in [0.25, 0.3) is 0 Å². The predicted octanol–water partition coefficient (Wildman–Crippen LogP) is 21.9. The number of methoxy groups -OCH3 is 3. The van der Waals surface area contributed by atoms with Crippen molar-refractivity contribution in [3.8, 4) is 0 Å². The van der Waals surface area contributed by atoms with Gasteiger partial charge >= 0.3 is 17.9 Å². The number of alkyl halides is 1. The maximum Gasteiger partial charge on any atom is 0.356 e. The van der Waals surface area contributed by atoms with E-state index in [9.17, 15) is 55.5 Å². The standard InChI is InChI=1S/2C25H23FN2O4.C17H16FNO3.C15H13ClFNO.C10H10ClFO.C9H11NO2.C5H3BrClN.ClH.HI/c1-31-24(30)18-5-3-17(4-6-18)15-28-23(29)22-12-9-20(16-27-22)25(13-2-14-32-25)19-7-10-21(26)11-8-19;26-21-9-6-19(7-10-21)25(12-1-13-32-25)20-8-11-22(27-15-20)24(31)28-14-17-2-4-18(5-3-17)23(30)16-29;1-21-16(20)15-8-5-13(11-19-15)17(9-2-10-22-17)12-3-6-14(18)7-4-12;16-14-7-4-12(10-18-14)15(8-1-9-19-15)11-2-5-13(17)6-3-11;11-7-1-2-10(13)8-3-5-9(12)6-4-8;1-12-9(11)8-4-2-7(6-10)3-5-8;6-4-1-2-5(7)8-3-4;;/h3-12,16H,2,13-15H2,1H3,(H,28,29);2-11,15,29H,1,12-14,16H2,(H,28,31);3-8,11H,2,9-10H2,1H3;2-7,10H,1,8-9H2;3-6H,1-2,7H2;2-5H,6,10H2,1H3;1-3H;2*1H. The number of ether oxygens (including phenoxy) is 7. The van der Waals surface area contributed by atoms with Gasteiger partial charge < -0.3 is 54.6 Å². The number of hydrogen-bond donors (Lipinski definition) is 4. The fourth-order valence-electron chi connectivity index (χ4n) is 15.5. The molecule has 4 aliphatic rings. The van der Waals surface area contributed by atoms with Crippen LogP contribution in [0.1, 0.15) is 198 Å². The van der Waals surface area contributed by atoms with E-state index < -0.39 is 40.9 Å². The Bertz CT molecular complexity index is 5890. The van der Waals surface area contributed by atoms with Crippen LogP contribution in [-0.4, -0.2) is 132 Å². The number of carbonyl (C=O) groups excluding carboxylic acids is 7. The van der Waals surface area contributed by atoms with Crippen molar-refractivity contribution in [1.29, 1.82) is 0 Å². The highest BCUT2D eigenvalue weighted by Crippen LogP contribution is 2.46. The van der Waals surface area contributed by atoms with E-state index in [4.69, 9.17) is 64.6 Å². The van der Waals surface area contributed by atoms with Crippen molar-refractivity contribution < 1.29 is 93.8 Å². The monoisotopic (exact) mass is 2170 g/mol. The Hall–Kier alpha value is -12.0. The first kappa shape index (κ1) is 112. The van der Waals surface area contributed by atoms with Crippen molar-refractivity contribution in [2.45, 2.75) is 106 Å². The number of carbonyl (C=O) groups is 7. The van der Waals surface area contributed by atoms with Crippen molar-refractivity contribution in [3.05, 3.63) is 430 Å². The second kappa shape index (κ2) is 55.3. The SMILES string of the molecule is COC(=O)c1ccc(C2(c3ccc(F)cc3)CCCO2)cn1.COC(=O)c1ccc(CN)cc1.COC(=O)c1ccc(CNC(=O)c2ccc(C3(c4ccc(F)cc4)CCCO3)cn2)cc1.Cl.Clc1ccc(Br)cn1.Fc1ccc(C2(c3ccc(Cl)nc3)CCCO2)cc1.I.O=C(CCCCl)c1ccc(F)cc1.O=C(CO)c1ccc(CNC(=O)c2ccc(C3(c4ccc(F)cc4)CCCO3)cn2)cc1. The Balaban J connectivity index is 0.000000190. The van der Waals surface area contributed by atoms with E-state index in [1.165, 1.54) is 94.1 Å². The summed E-state index contributed by atoms with van der Waals surface area (Å²) in [6.07, 6.45) is 16.2. The quantitative estimate of drug-likeness (QED) is 0.00830. The molecule has 4 aliphatic heterocycles. The minimum atomic E-state index is -0.691. The Morgan fingerprint density at radius 2 is 0.664 bits per heavy atom. The fraction of sp³-hybridized carbons (Fsp3) is 0.245. The van der Waals surface area contributed by atoms with E-state index in [1.54, 1.807) is 171 Å². The molecule has 4 fully saturated rings. The third kappa shape index (κ3) is 30.5. The Morgan fingerprint density at radius 3 is 0.936 bits per heavy atom. The zero-order valence-electron chi connectivity index (χ0n) is 76.3. The lowest BCUT2D eigenvalue weighted by Crippen LogP contribution is -2.28. The van der Waals surface area contributed by atoms with Crippen LogP contribution >= 0.6 is 87.1 Å². The molecule has 0 bridgehead atoms. The van der Waals surface area contributed by atoms with Gasteiger partial charge in [-0.2, -0.15) is 0 Å². The molecular weight excluding hydrogens is 2070 g/mol. The third-order valence-corrected chi connectivity index (χ3v) is 24.0. The molecule has 140 heavy (non-hydrogen) atoms. The zero-order valence-corrected chi connectivity index (χ0v) is 83.3. The molecule has 732 valence electrons. The summed E-state index contributed by atoms with van der Waals surface area (Å²) in [6.45, 7) is 3.06. The summed E-state index contributed by atoms with van der Waals surface area (Å²) in [5.41, 5.74) is 15.3. The maximum atomic E-state index is 13.4. The minimum absolute atomic E-state index is 0. The fourth-order valence-corrected chi connectivity index (χ4v) is 16.1. The number of aliphatic hydroxyl groups excluding tert-OH is 1. The summed E-state index contributed by atoms with van der Waals surface area (Å²) < 4.78 is 104. The van der Waals surface area contributed by atoms with Gasteiger partial charge in [-0.1, -0.05) is 145 Å². The molecule has 0 saturated carbocycles. The second-order valence-corrected chi connectivity index (χ2v) is 33.6. The highest BCUT2D eigenvalue weighted by molar-refractivity contribution is 14.0. The number of rotatable bonds is 24. The number of aromatic nitrogens is 5. The van der Waals surface area contributed by atoms with Crippen LogP contribution < -0.4 is 16.4 Å². The van der Waals surface area contributed by atoms with Crippen molar-refractivity contribution in [1.82, 2.24) is 35.6 Å². The number of nitrogens with two attached hydrogens (primary N) is 1. The molecule has 13 aromatic rings. The number of ketones is 2. The van der Waals surface area contributed by atoms with Gasteiger partial charge in [0.15, 0.2) is 11.6 Å². The molecule has 34 heteroatoms. The molecule has 5 aromatic heterocycles. The lowest BCUT2D eigenvalue weighted by Gasteiger charge is -2.29. The molecule has 4 saturated heterocycles. The molecule has 0 spiro atoms. The zero-order chi connectivity index (χ0) is 98.6. The van der Waals surface area contributed by atoms with Crippen LogP contribution in [-0.2, 0) is 75.2 Å². The van der Waals surface area contributed by atoms with Crippen LogP contribution in [0.3, 0.4) is 0 Å². The number of hydrogen-bond acceptors (Lipinski definition) is 21. The van der Waals surface area contributed by atoms with E-state index in [0.29, 0.717) is 90.8 Å². The van der Waals surface area contributed by atoms with Crippen LogP contribution in [0.15, 0.2) is 290 Å². The Labute approximate surface area is 853 Å². The van der Waals surface area contributed by atoms with Crippen LogP contribution in [0.4, 0.5) is 22.0 Å². The van der Waals surface area contributed by atoms with Crippen molar-refractivity contribution in [3.63, 3.8) is 0 Å². The average Bonchev–Trinajstić information content (AvgIpc) is 1.60. The highest BCUT2D eigenvalue weighted by atomic mass is 127. The maximum absolute atomic E-state index is 13.4. The van der Waals surface area contributed by atoms with Crippen molar-refractivity contribution in [2.75, 3.05) is 60.2 Å². The molecule has 17 rings (SSSR count). The van der Waals surface area contributed by atoms with Crippen LogP contribution in [0.5, 0.6) is 0 Å². The molecule has 23 nitrogen and oxygen atoms in total. The topological polar surface area (TPSA) is 319 Å².